The van der Waals surface area contributed by atoms with Gasteiger partial charge in [0.2, 0.25) is 0 Å². The molecule has 0 unspecified atom stereocenters. The molecular formula is C35H49BrN6O2Si2. The lowest BCUT2D eigenvalue weighted by molar-refractivity contribution is 0.0941. The van der Waals surface area contributed by atoms with E-state index in [4.69, 9.17) is 24.5 Å². The van der Waals surface area contributed by atoms with Crippen LogP contribution in [0.2, 0.25) is 51.4 Å². The molecule has 0 N–H and O–H groups in total. The summed E-state index contributed by atoms with van der Waals surface area (Å²) in [5.41, 5.74) is 4.75. The summed E-state index contributed by atoms with van der Waals surface area (Å²) in [6.07, 6.45) is 8.56. The van der Waals surface area contributed by atoms with Gasteiger partial charge < -0.3 is 14.4 Å². The molecule has 11 heteroatoms. The smallest absolute Gasteiger partial charge is 0.165 e. The lowest BCUT2D eigenvalue weighted by Crippen LogP contribution is -2.34. The van der Waals surface area contributed by atoms with Crippen molar-refractivity contribution in [3.05, 3.63) is 52.9 Å². The largest absolute Gasteiger partial charge is 0.361 e. The van der Waals surface area contributed by atoms with Crippen LogP contribution in [0, 0.1) is 17.2 Å². The maximum Gasteiger partial charge on any atom is 0.165 e. The number of nitriles is 1. The molecular weight excluding hydrogens is 673 g/mol. The third-order valence-electron chi connectivity index (χ3n) is 8.89. The first-order valence-electron chi connectivity index (χ1n) is 16.6. The van der Waals surface area contributed by atoms with Gasteiger partial charge in [-0.25, -0.2) is 4.98 Å². The van der Waals surface area contributed by atoms with Crippen LogP contribution in [0.5, 0.6) is 0 Å². The summed E-state index contributed by atoms with van der Waals surface area (Å²) in [6, 6.07) is 14.9. The molecule has 0 aliphatic heterocycles. The molecule has 1 saturated carbocycles. The number of aromatic nitrogens is 4. The average molecular weight is 722 g/mol. The number of halogens is 1. The topological polar surface area (TPSA) is 88.6 Å². The summed E-state index contributed by atoms with van der Waals surface area (Å²) in [6.45, 7) is 16.5. The number of ether oxygens (including phenoxy) is 2. The van der Waals surface area contributed by atoms with E-state index in [0.29, 0.717) is 25.8 Å². The quantitative estimate of drug-likeness (QED) is 0.0729. The number of hydrogen-bond acceptors (Lipinski definition) is 7. The van der Waals surface area contributed by atoms with Crippen LogP contribution in [0.25, 0.3) is 27.7 Å². The van der Waals surface area contributed by atoms with E-state index >= 15 is 0 Å². The SMILES string of the molecule is C[Si](C)(C)CCOCN(COCC[Si](C)(C)C)c1c(Br)c(C2CCC(CC#N)CC2)nc2c(-c3cnc4ccccc4c3)cnn12. The molecule has 0 radical (unpaired) electrons. The fraction of sp³-hybridized carbons (Fsp3) is 0.543. The minimum Gasteiger partial charge on any atom is -0.361 e. The van der Waals surface area contributed by atoms with E-state index in [1.54, 1.807) is 0 Å². The first-order chi connectivity index (χ1) is 21.9. The van der Waals surface area contributed by atoms with Crippen molar-refractivity contribution in [1.82, 2.24) is 19.6 Å². The van der Waals surface area contributed by atoms with Crippen LogP contribution in [0.3, 0.4) is 0 Å². The number of anilines is 1. The van der Waals surface area contributed by atoms with Crippen LogP contribution < -0.4 is 4.90 Å². The zero-order valence-corrected chi connectivity index (χ0v) is 31.9. The number of rotatable bonds is 14. The Labute approximate surface area is 284 Å². The van der Waals surface area contributed by atoms with Gasteiger partial charge in [-0.2, -0.15) is 14.9 Å². The van der Waals surface area contributed by atoms with Crippen molar-refractivity contribution in [2.24, 2.45) is 5.92 Å². The highest BCUT2D eigenvalue weighted by Gasteiger charge is 2.30. The zero-order valence-electron chi connectivity index (χ0n) is 28.4. The van der Waals surface area contributed by atoms with Crippen molar-refractivity contribution in [3.8, 4) is 17.2 Å². The number of nitrogens with zero attached hydrogens (tertiary/aromatic N) is 6. The fourth-order valence-corrected chi connectivity index (χ4v) is 8.32. The minimum absolute atomic E-state index is 0.285. The number of benzene rings is 1. The van der Waals surface area contributed by atoms with E-state index in [9.17, 15) is 5.26 Å². The van der Waals surface area contributed by atoms with Crippen molar-refractivity contribution in [3.63, 3.8) is 0 Å². The molecule has 0 bridgehead atoms. The molecule has 0 spiro atoms. The maximum atomic E-state index is 9.30. The molecule has 3 aromatic heterocycles. The second-order valence-electron chi connectivity index (χ2n) is 15.2. The molecule has 8 nitrogen and oxygen atoms in total. The van der Waals surface area contributed by atoms with E-state index in [2.05, 4.69) is 78.3 Å². The van der Waals surface area contributed by atoms with Crippen LogP contribution in [0.15, 0.2) is 47.2 Å². The van der Waals surface area contributed by atoms with E-state index in [-0.39, 0.29) is 5.92 Å². The number of pyridine rings is 1. The Hall–Kier alpha value is -2.63. The highest BCUT2D eigenvalue weighted by Crippen LogP contribution is 2.43. The Morgan fingerprint density at radius 1 is 0.957 bits per heavy atom. The number of para-hydroxylation sites is 1. The number of hydrogen-bond donors (Lipinski definition) is 0. The Kier molecular flexibility index (Phi) is 11.4. The summed E-state index contributed by atoms with van der Waals surface area (Å²) in [5, 5.41) is 15.3. The lowest BCUT2D eigenvalue weighted by Gasteiger charge is -2.31. The Morgan fingerprint density at radius 2 is 1.61 bits per heavy atom. The highest BCUT2D eigenvalue weighted by atomic mass is 79.9. The van der Waals surface area contributed by atoms with Gasteiger partial charge in [0.05, 0.1) is 27.9 Å². The standard InChI is InChI=1S/C35H49BrN6O2Si2/c1-45(2,3)19-17-43-24-41(25-44-18-20-46(4,5)6)35-32(36)33(27-13-11-26(12-14-27)15-16-37)40-34-30(23-39-42(34)35)29-21-28-9-7-8-10-31(28)38-22-29/h7-10,21-23,26-27H,11-15,17-20,24-25H2,1-6H3. The third kappa shape index (κ3) is 8.83. The summed E-state index contributed by atoms with van der Waals surface area (Å²) in [4.78, 5) is 12.3. The van der Waals surface area contributed by atoms with Crippen molar-refractivity contribution in [2.75, 3.05) is 31.6 Å². The van der Waals surface area contributed by atoms with E-state index in [1.807, 2.05) is 35.1 Å². The van der Waals surface area contributed by atoms with Crippen molar-refractivity contribution >= 4 is 54.4 Å². The predicted octanol–water partition coefficient (Wildman–Crippen LogP) is 9.33. The molecule has 0 amide bonds. The van der Waals surface area contributed by atoms with Crippen LogP contribution in [-0.4, -0.2) is 62.4 Å². The Morgan fingerprint density at radius 3 is 2.24 bits per heavy atom. The van der Waals surface area contributed by atoms with E-state index in [0.717, 1.165) is 94.6 Å². The molecule has 46 heavy (non-hydrogen) atoms. The Bertz CT molecular complexity index is 1650. The normalized spacial score (nSPS) is 17.4. The van der Waals surface area contributed by atoms with Crippen molar-refractivity contribution < 1.29 is 9.47 Å². The molecule has 0 saturated heterocycles. The summed E-state index contributed by atoms with van der Waals surface area (Å²) < 4.78 is 15.6. The van der Waals surface area contributed by atoms with Crippen LogP contribution in [0.4, 0.5) is 5.82 Å². The maximum absolute atomic E-state index is 9.30. The van der Waals surface area contributed by atoms with Gasteiger partial charge in [0.15, 0.2) is 11.5 Å². The van der Waals surface area contributed by atoms with Gasteiger partial charge in [0, 0.05) is 64.4 Å². The minimum atomic E-state index is -1.25. The van der Waals surface area contributed by atoms with Crippen molar-refractivity contribution in [2.45, 2.75) is 89.4 Å². The van der Waals surface area contributed by atoms with Gasteiger partial charge in [-0.3, -0.25) is 4.98 Å². The first kappa shape index (κ1) is 34.7. The predicted molar refractivity (Wildman–Crippen MR) is 197 cm³/mol. The molecule has 0 atom stereocenters. The van der Waals surface area contributed by atoms with Crippen LogP contribution in [0.1, 0.15) is 43.7 Å². The summed E-state index contributed by atoms with van der Waals surface area (Å²) in [5.74, 6) is 1.65. The van der Waals surface area contributed by atoms with Gasteiger partial charge in [-0.05, 0) is 71.8 Å². The van der Waals surface area contributed by atoms with Gasteiger partial charge in [-0.1, -0.05) is 57.5 Å². The number of fused-ring (bicyclic) bond motifs is 2. The van der Waals surface area contributed by atoms with Crippen molar-refractivity contribution in [1.29, 1.82) is 5.26 Å². The highest BCUT2D eigenvalue weighted by molar-refractivity contribution is 9.10. The zero-order chi connectivity index (χ0) is 32.9. The summed E-state index contributed by atoms with van der Waals surface area (Å²) in [7, 11) is -2.49. The molecule has 4 aromatic rings. The first-order valence-corrected chi connectivity index (χ1v) is 24.8. The second-order valence-corrected chi connectivity index (χ2v) is 27.2. The van der Waals surface area contributed by atoms with Gasteiger partial charge in [0.1, 0.15) is 13.5 Å². The van der Waals surface area contributed by atoms with E-state index in [1.165, 1.54) is 0 Å². The van der Waals surface area contributed by atoms with Crippen LogP contribution >= 0.6 is 15.9 Å². The molecule has 1 aliphatic carbocycles. The van der Waals surface area contributed by atoms with Crippen LogP contribution in [-0.2, 0) is 9.47 Å². The Balaban J connectivity index is 1.57. The van der Waals surface area contributed by atoms with E-state index < -0.39 is 16.1 Å². The molecule has 1 fully saturated rings. The summed E-state index contributed by atoms with van der Waals surface area (Å²) >= 11 is 4.04. The fourth-order valence-electron chi connectivity index (χ4n) is 5.98. The van der Waals surface area contributed by atoms with Gasteiger partial charge >= 0.3 is 0 Å². The molecule has 1 aromatic carbocycles. The second kappa shape index (κ2) is 15.1. The lowest BCUT2D eigenvalue weighted by atomic mass is 9.79. The third-order valence-corrected chi connectivity index (χ3v) is 13.1. The molecule has 1 aliphatic rings. The molecule has 246 valence electrons. The van der Waals surface area contributed by atoms with Gasteiger partial charge in [-0.15, -0.1) is 0 Å². The molecule has 5 rings (SSSR count). The monoisotopic (exact) mass is 720 g/mol. The molecule has 3 heterocycles. The average Bonchev–Trinajstić information content (AvgIpc) is 3.43. The van der Waals surface area contributed by atoms with Gasteiger partial charge in [0.25, 0.3) is 0 Å².